The van der Waals surface area contributed by atoms with E-state index in [1.54, 1.807) is 41.5 Å². The lowest BCUT2D eigenvalue weighted by Crippen LogP contribution is -2.49. The molecule has 172 valence electrons. The highest BCUT2D eigenvalue weighted by molar-refractivity contribution is 5.83. The van der Waals surface area contributed by atoms with Crippen LogP contribution in [-0.2, 0) is 19.1 Å². The molecule has 0 aromatic rings. The summed E-state index contributed by atoms with van der Waals surface area (Å²) < 4.78 is 10.7. The maximum Gasteiger partial charge on any atom is 0.408 e. The second-order valence-corrected chi connectivity index (χ2v) is 10.6. The number of rotatable bonds is 6. The molecule has 2 amide bonds. The van der Waals surface area contributed by atoms with Gasteiger partial charge in [-0.3, -0.25) is 4.79 Å². The van der Waals surface area contributed by atoms with E-state index in [4.69, 9.17) is 9.47 Å². The van der Waals surface area contributed by atoms with Crippen LogP contribution in [0.4, 0.5) is 4.79 Å². The van der Waals surface area contributed by atoms with E-state index in [2.05, 4.69) is 22.6 Å². The van der Waals surface area contributed by atoms with Gasteiger partial charge in [0.2, 0.25) is 5.91 Å². The lowest BCUT2D eigenvalue weighted by Gasteiger charge is -2.36. The topological polar surface area (TPSA) is 97.0 Å². The van der Waals surface area contributed by atoms with Crippen LogP contribution in [0.15, 0.2) is 0 Å². The molecule has 4 atom stereocenters. The van der Waals surface area contributed by atoms with Crippen LogP contribution in [0.2, 0.25) is 0 Å². The quantitative estimate of drug-likeness (QED) is 0.635. The molecule has 2 rings (SSSR count). The molecule has 2 aliphatic rings. The van der Waals surface area contributed by atoms with Crippen molar-refractivity contribution in [2.75, 3.05) is 7.05 Å². The van der Waals surface area contributed by atoms with Crippen molar-refractivity contribution in [1.29, 1.82) is 0 Å². The van der Waals surface area contributed by atoms with E-state index in [0.29, 0.717) is 12.1 Å². The third-order valence-corrected chi connectivity index (χ3v) is 5.51. The van der Waals surface area contributed by atoms with Gasteiger partial charge in [-0.05, 0) is 80.7 Å². The number of piperidine rings is 1. The molecule has 0 saturated carbocycles. The number of carbonyl (C=O) groups is 3. The van der Waals surface area contributed by atoms with Crippen LogP contribution in [0.3, 0.4) is 0 Å². The number of fused-ring (bicyclic) bond motifs is 2. The molecule has 2 fully saturated rings. The molecule has 8 heteroatoms. The average molecular weight is 426 g/mol. The molecule has 2 heterocycles. The van der Waals surface area contributed by atoms with Crippen molar-refractivity contribution in [3.63, 3.8) is 0 Å². The third-order valence-electron chi connectivity index (χ3n) is 5.51. The highest BCUT2D eigenvalue weighted by Gasteiger charge is 2.39. The molecule has 2 N–H and O–H groups in total. The van der Waals surface area contributed by atoms with Gasteiger partial charge in [0, 0.05) is 24.5 Å². The van der Waals surface area contributed by atoms with Gasteiger partial charge in [-0.1, -0.05) is 0 Å². The number of carbonyl (C=O) groups excluding carboxylic acids is 3. The zero-order valence-electron chi connectivity index (χ0n) is 19.5. The van der Waals surface area contributed by atoms with Crippen LogP contribution in [0.25, 0.3) is 0 Å². The van der Waals surface area contributed by atoms with Crippen molar-refractivity contribution in [3.8, 4) is 0 Å². The van der Waals surface area contributed by atoms with Gasteiger partial charge in [0.05, 0.1) is 0 Å². The first-order chi connectivity index (χ1) is 13.7. The Labute approximate surface area is 180 Å². The lowest BCUT2D eigenvalue weighted by molar-refractivity contribution is -0.157. The molecule has 1 unspecified atom stereocenters. The summed E-state index contributed by atoms with van der Waals surface area (Å²) in [6.07, 6.45) is 3.88. The minimum absolute atomic E-state index is 0.108. The molecule has 2 aliphatic heterocycles. The highest BCUT2D eigenvalue weighted by atomic mass is 16.6. The van der Waals surface area contributed by atoms with Crippen LogP contribution in [0, 0.1) is 0 Å². The van der Waals surface area contributed by atoms with Crippen LogP contribution in [0.5, 0.6) is 0 Å². The maximum atomic E-state index is 12.6. The van der Waals surface area contributed by atoms with Crippen molar-refractivity contribution >= 4 is 18.0 Å². The Morgan fingerprint density at radius 3 is 2.00 bits per heavy atom. The summed E-state index contributed by atoms with van der Waals surface area (Å²) in [5, 5.41) is 5.68. The second-order valence-electron chi connectivity index (χ2n) is 10.6. The number of alkyl carbamates (subject to hydrolysis) is 1. The number of hydrogen-bond donors (Lipinski definition) is 2. The SMILES string of the molecule is CN1[C@@H]2CC[C@H]1CC(NC(=O)CC[C@H](NC(=O)OC(C)(C)C)C(=O)OC(C)(C)C)C2. The van der Waals surface area contributed by atoms with Gasteiger partial charge in [0.25, 0.3) is 0 Å². The van der Waals surface area contributed by atoms with E-state index < -0.39 is 29.3 Å². The molecule has 0 aromatic heterocycles. The van der Waals surface area contributed by atoms with E-state index in [0.717, 1.165) is 12.8 Å². The van der Waals surface area contributed by atoms with Crippen molar-refractivity contribution in [2.24, 2.45) is 0 Å². The Morgan fingerprint density at radius 2 is 1.50 bits per heavy atom. The Balaban J connectivity index is 1.89. The fourth-order valence-corrected chi connectivity index (χ4v) is 4.18. The van der Waals surface area contributed by atoms with Crippen molar-refractivity contribution in [2.45, 2.75) is 115 Å². The van der Waals surface area contributed by atoms with Crippen LogP contribution in [0.1, 0.15) is 80.1 Å². The zero-order chi connectivity index (χ0) is 22.7. The summed E-state index contributed by atoms with van der Waals surface area (Å²) in [6, 6.07) is 0.304. The van der Waals surface area contributed by atoms with Gasteiger partial charge in [-0.25, -0.2) is 9.59 Å². The number of ether oxygens (including phenoxy) is 2. The third kappa shape index (κ3) is 7.78. The highest BCUT2D eigenvalue weighted by Crippen LogP contribution is 2.34. The molecular weight excluding hydrogens is 386 g/mol. The fourth-order valence-electron chi connectivity index (χ4n) is 4.18. The number of esters is 1. The first-order valence-electron chi connectivity index (χ1n) is 11.0. The molecule has 0 radical (unpaired) electrons. The van der Waals surface area contributed by atoms with Crippen molar-refractivity contribution < 1.29 is 23.9 Å². The van der Waals surface area contributed by atoms with Crippen LogP contribution in [-0.4, -0.2) is 65.3 Å². The number of nitrogens with zero attached hydrogens (tertiary/aromatic N) is 1. The second kappa shape index (κ2) is 9.54. The summed E-state index contributed by atoms with van der Waals surface area (Å²) >= 11 is 0. The zero-order valence-corrected chi connectivity index (χ0v) is 19.5. The van der Waals surface area contributed by atoms with E-state index in [-0.39, 0.29) is 24.8 Å². The molecule has 2 bridgehead atoms. The number of amides is 2. The van der Waals surface area contributed by atoms with E-state index in [1.165, 1.54) is 12.8 Å². The van der Waals surface area contributed by atoms with Crippen molar-refractivity contribution in [3.05, 3.63) is 0 Å². The maximum absolute atomic E-state index is 12.6. The summed E-state index contributed by atoms with van der Waals surface area (Å²) in [5.74, 6) is -0.679. The van der Waals surface area contributed by atoms with Crippen molar-refractivity contribution in [1.82, 2.24) is 15.5 Å². The Morgan fingerprint density at radius 1 is 0.967 bits per heavy atom. The average Bonchev–Trinajstić information content (AvgIpc) is 2.77. The Kier molecular flexibility index (Phi) is 7.77. The molecule has 0 aromatic carbocycles. The summed E-state index contributed by atoms with van der Waals surface area (Å²) in [4.78, 5) is 39.7. The smallest absolute Gasteiger partial charge is 0.408 e. The molecular formula is C22H39N3O5. The molecule has 0 aliphatic carbocycles. The van der Waals surface area contributed by atoms with Crippen LogP contribution >= 0.6 is 0 Å². The lowest BCUT2D eigenvalue weighted by atomic mass is 9.97. The summed E-state index contributed by atoms with van der Waals surface area (Å²) in [6.45, 7) is 10.5. The number of nitrogens with one attached hydrogen (secondary N) is 2. The monoisotopic (exact) mass is 425 g/mol. The van der Waals surface area contributed by atoms with Gasteiger partial charge in [-0.15, -0.1) is 0 Å². The minimum atomic E-state index is -0.946. The van der Waals surface area contributed by atoms with Gasteiger partial charge in [0.1, 0.15) is 17.2 Å². The predicted molar refractivity (Wildman–Crippen MR) is 114 cm³/mol. The van der Waals surface area contributed by atoms with E-state index >= 15 is 0 Å². The molecule has 0 spiro atoms. The van der Waals surface area contributed by atoms with Crippen LogP contribution < -0.4 is 10.6 Å². The first kappa shape index (κ1) is 24.4. The standard InChI is InChI=1S/C22H39N3O5/c1-21(2,3)29-19(27)17(24-20(28)30-22(4,5)6)10-11-18(26)23-14-12-15-8-9-16(13-14)25(15)7/h14-17H,8-13H2,1-7H3,(H,23,26)(H,24,28)/t14?,15-,16+,17-/m0/s1. The normalized spacial score (nSPS) is 25.4. The largest absolute Gasteiger partial charge is 0.458 e. The summed E-state index contributed by atoms with van der Waals surface area (Å²) in [5.41, 5.74) is -1.38. The van der Waals surface area contributed by atoms with E-state index in [1.807, 2.05) is 0 Å². The predicted octanol–water partition coefficient (Wildman–Crippen LogP) is 2.74. The number of hydrogen-bond acceptors (Lipinski definition) is 6. The van der Waals surface area contributed by atoms with Gasteiger partial charge in [0.15, 0.2) is 0 Å². The molecule has 30 heavy (non-hydrogen) atoms. The van der Waals surface area contributed by atoms with Gasteiger partial charge in [-0.2, -0.15) is 0 Å². The minimum Gasteiger partial charge on any atom is -0.458 e. The van der Waals surface area contributed by atoms with E-state index in [9.17, 15) is 14.4 Å². The Hall–Kier alpha value is -1.83. The fraction of sp³-hybridized carbons (Fsp3) is 0.864. The summed E-state index contributed by atoms with van der Waals surface area (Å²) in [7, 11) is 2.16. The van der Waals surface area contributed by atoms with Gasteiger partial charge < -0.3 is 25.0 Å². The Bertz CT molecular complexity index is 624. The molecule has 8 nitrogen and oxygen atoms in total. The first-order valence-corrected chi connectivity index (χ1v) is 11.0. The molecule has 2 saturated heterocycles. The van der Waals surface area contributed by atoms with Gasteiger partial charge >= 0.3 is 12.1 Å².